The van der Waals surface area contributed by atoms with Crippen molar-refractivity contribution >= 4 is 22.6 Å². The van der Waals surface area contributed by atoms with Gasteiger partial charge in [-0.25, -0.2) is 0 Å². The zero-order valence-corrected chi connectivity index (χ0v) is 8.92. The summed E-state index contributed by atoms with van der Waals surface area (Å²) >= 11 is 2.21. The van der Waals surface area contributed by atoms with E-state index in [2.05, 4.69) is 38.0 Å². The van der Waals surface area contributed by atoms with Crippen LogP contribution in [0.15, 0.2) is 30.3 Å². The fourth-order valence-corrected chi connectivity index (χ4v) is 1.27. The molecule has 0 radical (unpaired) electrons. The molecule has 1 aromatic carbocycles. The van der Waals surface area contributed by atoms with Crippen molar-refractivity contribution in [1.82, 2.24) is 20.2 Å². The average molecular weight is 286 g/mol. The van der Waals surface area contributed by atoms with Crippen LogP contribution in [0.5, 0.6) is 0 Å². The largest absolute Gasteiger partial charge is 0.184 e. The van der Waals surface area contributed by atoms with Crippen molar-refractivity contribution in [1.29, 1.82) is 0 Å². The molecule has 4 nitrogen and oxygen atoms in total. The lowest BCUT2D eigenvalue weighted by Crippen LogP contribution is -1.98. The molecule has 0 unspecified atom stereocenters. The minimum absolute atomic E-state index is 0.754. The maximum absolute atomic E-state index is 4.19. The van der Waals surface area contributed by atoms with Gasteiger partial charge in [0, 0.05) is 0 Å². The van der Waals surface area contributed by atoms with Crippen LogP contribution in [0.2, 0.25) is 0 Å². The second-order valence-electron chi connectivity index (χ2n) is 2.46. The molecule has 0 atom stereocenters. The van der Waals surface area contributed by atoms with Gasteiger partial charge in [-0.2, -0.15) is 0 Å². The van der Waals surface area contributed by atoms with Crippen molar-refractivity contribution in [2.24, 2.45) is 0 Å². The Balaban J connectivity index is 2.36. The zero-order valence-electron chi connectivity index (χ0n) is 6.76. The first-order chi connectivity index (χ1) is 6.40. The minimum atomic E-state index is 0.754. The van der Waals surface area contributed by atoms with Gasteiger partial charge in [0.05, 0.1) is 10.1 Å². The molecule has 0 amide bonds. The minimum Gasteiger partial charge on any atom is -0.131 e. The Morgan fingerprint density at radius 3 is 2.62 bits per heavy atom. The van der Waals surface area contributed by atoms with Gasteiger partial charge in [0.25, 0.3) is 0 Å². The van der Waals surface area contributed by atoms with Crippen molar-refractivity contribution in [3.63, 3.8) is 0 Å². The maximum atomic E-state index is 4.19. The highest BCUT2D eigenvalue weighted by molar-refractivity contribution is 14.1. The smallest absolute Gasteiger partial charge is 0.131 e. The Bertz CT molecular complexity index is 384. The van der Waals surface area contributed by atoms with Gasteiger partial charge >= 0.3 is 0 Å². The third kappa shape index (κ3) is 1.85. The van der Waals surface area contributed by atoms with Crippen LogP contribution in [0.1, 0.15) is 5.82 Å². The second kappa shape index (κ2) is 3.82. The summed E-state index contributed by atoms with van der Waals surface area (Å²) in [7, 11) is 0. The van der Waals surface area contributed by atoms with Crippen LogP contribution in [-0.4, -0.2) is 20.2 Å². The van der Waals surface area contributed by atoms with Gasteiger partial charge in [0.2, 0.25) is 0 Å². The van der Waals surface area contributed by atoms with E-state index in [-0.39, 0.29) is 0 Å². The Hall–Kier alpha value is -0.980. The van der Waals surface area contributed by atoms with Gasteiger partial charge in [-0.15, -0.1) is 15.0 Å². The third-order valence-electron chi connectivity index (χ3n) is 1.56. The number of rotatable bonds is 2. The van der Waals surface area contributed by atoms with E-state index in [1.165, 1.54) is 4.80 Å². The molecule has 2 aromatic rings. The number of tetrazole rings is 1. The molecular weight excluding hydrogens is 279 g/mol. The summed E-state index contributed by atoms with van der Waals surface area (Å²) in [5.74, 6) is 0.754. The molecule has 2 rings (SSSR count). The topological polar surface area (TPSA) is 43.6 Å². The van der Waals surface area contributed by atoms with Gasteiger partial charge in [-0.1, -0.05) is 40.8 Å². The van der Waals surface area contributed by atoms with Crippen LogP contribution in [0.3, 0.4) is 0 Å². The molecule has 0 saturated heterocycles. The Morgan fingerprint density at radius 2 is 2.00 bits per heavy atom. The van der Waals surface area contributed by atoms with E-state index in [0.29, 0.717) is 0 Å². The van der Waals surface area contributed by atoms with Gasteiger partial charge in [-0.3, -0.25) is 0 Å². The van der Waals surface area contributed by atoms with Gasteiger partial charge in [0.15, 0.2) is 5.82 Å². The van der Waals surface area contributed by atoms with Crippen molar-refractivity contribution in [3.8, 4) is 5.69 Å². The van der Waals surface area contributed by atoms with Crippen molar-refractivity contribution in [2.45, 2.75) is 4.43 Å². The third-order valence-corrected chi connectivity index (χ3v) is 2.24. The standard InChI is InChI=1S/C8H7IN4/c9-6-8-10-12-13(11-8)7-4-2-1-3-5-7/h1-5H,6H2. The van der Waals surface area contributed by atoms with Crippen molar-refractivity contribution in [3.05, 3.63) is 36.2 Å². The molecule has 0 aliphatic heterocycles. The number of hydrogen-bond donors (Lipinski definition) is 0. The normalized spacial score (nSPS) is 10.2. The Morgan fingerprint density at radius 1 is 1.23 bits per heavy atom. The Kier molecular flexibility index (Phi) is 2.53. The van der Waals surface area contributed by atoms with Crippen LogP contribution in [-0.2, 0) is 4.43 Å². The van der Waals surface area contributed by atoms with E-state index in [9.17, 15) is 0 Å². The second-order valence-corrected chi connectivity index (χ2v) is 3.23. The number of para-hydroxylation sites is 1. The number of alkyl halides is 1. The predicted octanol–water partition coefficient (Wildman–Crippen LogP) is 1.60. The highest BCUT2D eigenvalue weighted by Crippen LogP contribution is 2.03. The predicted molar refractivity (Wildman–Crippen MR) is 56.9 cm³/mol. The molecule has 5 heteroatoms. The Labute approximate surface area is 89.1 Å². The van der Waals surface area contributed by atoms with E-state index in [1.807, 2.05) is 30.3 Å². The molecule has 0 saturated carbocycles. The molecule has 0 spiro atoms. The van der Waals surface area contributed by atoms with Gasteiger partial charge < -0.3 is 0 Å². The lowest BCUT2D eigenvalue weighted by Gasteiger charge is -1.94. The fraction of sp³-hybridized carbons (Fsp3) is 0.125. The number of nitrogens with zero attached hydrogens (tertiary/aromatic N) is 4. The molecule has 0 N–H and O–H groups in total. The van der Waals surface area contributed by atoms with Crippen molar-refractivity contribution in [2.75, 3.05) is 0 Å². The molecule has 13 heavy (non-hydrogen) atoms. The van der Waals surface area contributed by atoms with Crippen LogP contribution in [0.4, 0.5) is 0 Å². The quantitative estimate of drug-likeness (QED) is 0.622. The van der Waals surface area contributed by atoms with E-state index < -0.39 is 0 Å². The highest BCUT2D eigenvalue weighted by atomic mass is 127. The van der Waals surface area contributed by atoms with Crippen LogP contribution >= 0.6 is 22.6 Å². The summed E-state index contributed by atoms with van der Waals surface area (Å²) in [5.41, 5.74) is 0.936. The average Bonchev–Trinajstić information content (AvgIpc) is 2.67. The summed E-state index contributed by atoms with van der Waals surface area (Å²) < 4.78 is 0.782. The van der Waals surface area contributed by atoms with Crippen LogP contribution < -0.4 is 0 Å². The number of halogens is 1. The van der Waals surface area contributed by atoms with Crippen LogP contribution in [0.25, 0.3) is 5.69 Å². The van der Waals surface area contributed by atoms with Crippen molar-refractivity contribution < 1.29 is 0 Å². The summed E-state index contributed by atoms with van der Waals surface area (Å²) in [6.45, 7) is 0. The number of benzene rings is 1. The number of aromatic nitrogens is 4. The zero-order chi connectivity index (χ0) is 9.10. The van der Waals surface area contributed by atoms with Crippen LogP contribution in [0, 0.1) is 0 Å². The van der Waals surface area contributed by atoms with Gasteiger partial charge in [-0.05, 0) is 17.3 Å². The monoisotopic (exact) mass is 286 g/mol. The fourth-order valence-electron chi connectivity index (χ4n) is 0.967. The summed E-state index contributed by atoms with van der Waals surface area (Å²) in [4.78, 5) is 1.54. The highest BCUT2D eigenvalue weighted by Gasteiger charge is 2.01. The summed E-state index contributed by atoms with van der Waals surface area (Å²) in [6, 6.07) is 9.74. The lowest BCUT2D eigenvalue weighted by atomic mass is 10.3. The lowest BCUT2D eigenvalue weighted by molar-refractivity contribution is 0.719. The van der Waals surface area contributed by atoms with Gasteiger partial charge in [0.1, 0.15) is 0 Å². The first-order valence-electron chi connectivity index (χ1n) is 3.80. The molecule has 0 bridgehead atoms. The molecular formula is C8H7IN4. The molecule has 66 valence electrons. The maximum Gasteiger partial charge on any atom is 0.184 e. The first kappa shape index (κ1) is 8.61. The van der Waals surface area contributed by atoms with E-state index >= 15 is 0 Å². The summed E-state index contributed by atoms with van der Waals surface area (Å²) in [5, 5.41) is 12.0. The van der Waals surface area contributed by atoms with E-state index in [4.69, 9.17) is 0 Å². The molecule has 1 aromatic heterocycles. The van der Waals surface area contributed by atoms with E-state index in [0.717, 1.165) is 15.9 Å². The first-order valence-corrected chi connectivity index (χ1v) is 5.33. The molecule has 0 fully saturated rings. The molecule has 0 aliphatic rings. The molecule has 1 heterocycles. The molecule has 0 aliphatic carbocycles. The SMILES string of the molecule is ICc1nnn(-c2ccccc2)n1. The number of hydrogen-bond acceptors (Lipinski definition) is 3. The summed E-state index contributed by atoms with van der Waals surface area (Å²) in [6.07, 6.45) is 0. The van der Waals surface area contributed by atoms with E-state index in [1.54, 1.807) is 0 Å².